The number of carbonyl (C=O) groups excluding carboxylic acids is 1. The van der Waals surface area contributed by atoms with Crippen LogP contribution in [0.15, 0.2) is 42.0 Å². The Morgan fingerprint density at radius 1 is 1.33 bits per heavy atom. The van der Waals surface area contributed by atoms with Crippen molar-refractivity contribution in [3.8, 4) is 5.13 Å². The van der Waals surface area contributed by atoms with Crippen LogP contribution in [0.4, 0.5) is 10.1 Å². The fourth-order valence-corrected chi connectivity index (χ4v) is 2.41. The second-order valence-corrected chi connectivity index (χ2v) is 5.22. The van der Waals surface area contributed by atoms with Crippen LogP contribution < -0.4 is 5.32 Å². The van der Waals surface area contributed by atoms with E-state index in [-0.39, 0.29) is 11.7 Å². The molecule has 0 bridgehead atoms. The van der Waals surface area contributed by atoms with E-state index in [4.69, 9.17) is 0 Å². The van der Waals surface area contributed by atoms with Gasteiger partial charge in [0.05, 0.1) is 11.3 Å². The first-order valence-corrected chi connectivity index (χ1v) is 7.04. The van der Waals surface area contributed by atoms with Gasteiger partial charge in [-0.15, -0.1) is 11.3 Å². The van der Waals surface area contributed by atoms with Crippen molar-refractivity contribution in [3.63, 3.8) is 0 Å². The van der Waals surface area contributed by atoms with Crippen LogP contribution in [-0.4, -0.2) is 20.7 Å². The maximum Gasteiger partial charge on any atom is 0.259 e. The van der Waals surface area contributed by atoms with Crippen LogP contribution in [0.3, 0.4) is 0 Å². The predicted octanol–water partition coefficient (Wildman–Crippen LogP) is 3.03. The summed E-state index contributed by atoms with van der Waals surface area (Å²) < 4.78 is 14.4. The van der Waals surface area contributed by atoms with Crippen molar-refractivity contribution >= 4 is 22.9 Å². The molecule has 0 unspecified atom stereocenters. The molecule has 21 heavy (non-hydrogen) atoms. The highest BCUT2D eigenvalue weighted by Gasteiger charge is 2.15. The highest BCUT2D eigenvalue weighted by molar-refractivity contribution is 7.12. The highest BCUT2D eigenvalue weighted by atomic mass is 32.1. The van der Waals surface area contributed by atoms with Gasteiger partial charge in [-0.05, 0) is 31.2 Å². The smallest absolute Gasteiger partial charge is 0.259 e. The third-order valence-corrected chi connectivity index (χ3v) is 3.62. The number of amides is 1. The molecule has 1 amide bonds. The summed E-state index contributed by atoms with van der Waals surface area (Å²) in [6.07, 6.45) is 3.31. The van der Waals surface area contributed by atoms with Gasteiger partial charge in [0, 0.05) is 23.5 Å². The Morgan fingerprint density at radius 2 is 2.10 bits per heavy atom. The van der Waals surface area contributed by atoms with E-state index >= 15 is 0 Å². The summed E-state index contributed by atoms with van der Waals surface area (Å²) in [6.45, 7) is 1.75. The van der Waals surface area contributed by atoms with E-state index in [0.29, 0.717) is 22.1 Å². The monoisotopic (exact) mass is 302 g/mol. The molecule has 0 saturated carbocycles. The minimum Gasteiger partial charge on any atom is -0.322 e. The zero-order valence-electron chi connectivity index (χ0n) is 11.1. The van der Waals surface area contributed by atoms with Crippen molar-refractivity contribution < 1.29 is 9.18 Å². The third-order valence-electron chi connectivity index (χ3n) is 2.86. The van der Waals surface area contributed by atoms with Crippen LogP contribution in [0.25, 0.3) is 5.13 Å². The Bertz CT molecular complexity index is 765. The average Bonchev–Trinajstić information content (AvgIpc) is 3.10. The van der Waals surface area contributed by atoms with Gasteiger partial charge >= 0.3 is 0 Å². The number of hydrogen-bond donors (Lipinski definition) is 1. The normalized spacial score (nSPS) is 10.6. The number of aryl methyl sites for hydroxylation is 1. The Hall–Kier alpha value is -2.54. The van der Waals surface area contributed by atoms with E-state index in [0.717, 1.165) is 0 Å². The fourth-order valence-electron chi connectivity index (χ4n) is 1.84. The molecule has 0 fully saturated rings. The van der Waals surface area contributed by atoms with E-state index in [9.17, 15) is 9.18 Å². The number of thiazole rings is 1. The number of anilines is 1. The number of hydrogen-bond acceptors (Lipinski definition) is 4. The Morgan fingerprint density at radius 3 is 2.76 bits per heavy atom. The summed E-state index contributed by atoms with van der Waals surface area (Å²) in [5, 5.41) is 9.51. The Kier molecular flexibility index (Phi) is 3.49. The standard InChI is InChI=1S/C14H11FN4OS/c1-9-12(8-19(18-9)14-16-6-7-21-14)13(20)17-11-4-2-10(15)3-5-11/h2-8H,1H3,(H,17,20). The molecule has 5 nitrogen and oxygen atoms in total. The molecule has 7 heteroatoms. The van der Waals surface area contributed by atoms with Gasteiger partial charge in [0.2, 0.25) is 5.13 Å². The van der Waals surface area contributed by atoms with Crippen LogP contribution in [0.2, 0.25) is 0 Å². The molecule has 0 spiro atoms. The van der Waals surface area contributed by atoms with Crippen LogP contribution in [-0.2, 0) is 0 Å². The van der Waals surface area contributed by atoms with Crippen molar-refractivity contribution in [1.82, 2.24) is 14.8 Å². The van der Waals surface area contributed by atoms with Gasteiger partial charge in [0.1, 0.15) is 5.82 Å². The van der Waals surface area contributed by atoms with Crippen molar-refractivity contribution in [2.75, 3.05) is 5.32 Å². The quantitative estimate of drug-likeness (QED) is 0.809. The minimum absolute atomic E-state index is 0.290. The molecule has 1 aromatic carbocycles. The molecule has 0 radical (unpaired) electrons. The number of nitrogens with zero attached hydrogens (tertiary/aromatic N) is 3. The molecule has 0 aliphatic rings. The number of benzene rings is 1. The molecule has 3 rings (SSSR count). The maximum atomic E-state index is 12.8. The lowest BCUT2D eigenvalue weighted by Gasteiger charge is -2.03. The number of carbonyl (C=O) groups is 1. The first kappa shape index (κ1) is 13.4. The molecular weight excluding hydrogens is 291 g/mol. The summed E-state index contributed by atoms with van der Waals surface area (Å²) in [4.78, 5) is 16.4. The topological polar surface area (TPSA) is 59.8 Å². The molecule has 3 aromatic rings. The molecule has 0 aliphatic carbocycles. The summed E-state index contributed by atoms with van der Waals surface area (Å²) in [5.74, 6) is -0.636. The Labute approximate surface area is 124 Å². The van der Waals surface area contributed by atoms with Gasteiger partial charge < -0.3 is 5.32 Å². The number of aromatic nitrogens is 3. The zero-order valence-corrected chi connectivity index (χ0v) is 11.9. The van der Waals surface area contributed by atoms with Gasteiger partial charge in [-0.25, -0.2) is 14.1 Å². The maximum absolute atomic E-state index is 12.8. The number of rotatable bonds is 3. The first-order valence-electron chi connectivity index (χ1n) is 6.16. The van der Waals surface area contributed by atoms with Gasteiger partial charge in [0.15, 0.2) is 0 Å². The molecular formula is C14H11FN4OS. The van der Waals surface area contributed by atoms with E-state index in [1.54, 1.807) is 24.0 Å². The van der Waals surface area contributed by atoms with Crippen molar-refractivity contribution in [2.45, 2.75) is 6.92 Å². The largest absolute Gasteiger partial charge is 0.322 e. The number of nitrogens with one attached hydrogen (secondary N) is 1. The molecule has 2 heterocycles. The summed E-state index contributed by atoms with van der Waals surface area (Å²) >= 11 is 1.43. The molecule has 0 aliphatic heterocycles. The van der Waals surface area contributed by atoms with Crippen LogP contribution in [0.1, 0.15) is 16.1 Å². The van der Waals surface area contributed by atoms with E-state index in [1.807, 2.05) is 5.38 Å². The lowest BCUT2D eigenvalue weighted by Crippen LogP contribution is -2.12. The first-order chi connectivity index (χ1) is 10.1. The van der Waals surface area contributed by atoms with Crippen molar-refractivity contribution in [1.29, 1.82) is 0 Å². The van der Waals surface area contributed by atoms with Crippen molar-refractivity contribution in [2.24, 2.45) is 0 Å². The zero-order chi connectivity index (χ0) is 14.8. The lowest BCUT2D eigenvalue weighted by molar-refractivity contribution is 0.102. The second-order valence-electron chi connectivity index (χ2n) is 4.35. The molecule has 0 atom stereocenters. The molecule has 2 aromatic heterocycles. The van der Waals surface area contributed by atoms with Crippen LogP contribution in [0.5, 0.6) is 0 Å². The van der Waals surface area contributed by atoms with Crippen LogP contribution >= 0.6 is 11.3 Å². The van der Waals surface area contributed by atoms with Crippen LogP contribution in [0, 0.1) is 12.7 Å². The van der Waals surface area contributed by atoms with E-state index < -0.39 is 0 Å². The van der Waals surface area contributed by atoms with Crippen molar-refractivity contribution in [3.05, 3.63) is 59.1 Å². The molecule has 0 saturated heterocycles. The fraction of sp³-hybridized carbons (Fsp3) is 0.0714. The molecule has 106 valence electrons. The predicted molar refractivity (Wildman–Crippen MR) is 78.3 cm³/mol. The SMILES string of the molecule is Cc1nn(-c2nccs2)cc1C(=O)Nc1ccc(F)cc1. The second kappa shape index (κ2) is 5.45. The summed E-state index contributed by atoms with van der Waals surface area (Å²) in [7, 11) is 0. The van der Waals surface area contributed by atoms with Gasteiger partial charge in [-0.3, -0.25) is 4.79 Å². The van der Waals surface area contributed by atoms with E-state index in [1.165, 1.54) is 35.6 Å². The highest BCUT2D eigenvalue weighted by Crippen LogP contribution is 2.16. The average molecular weight is 302 g/mol. The van der Waals surface area contributed by atoms with E-state index in [2.05, 4.69) is 15.4 Å². The molecule has 1 N–H and O–H groups in total. The van der Waals surface area contributed by atoms with Gasteiger partial charge in [0.25, 0.3) is 5.91 Å². The lowest BCUT2D eigenvalue weighted by atomic mass is 10.2. The van der Waals surface area contributed by atoms with Gasteiger partial charge in [-0.1, -0.05) is 0 Å². The van der Waals surface area contributed by atoms with Gasteiger partial charge in [-0.2, -0.15) is 5.10 Å². The minimum atomic E-state index is -0.347. The Balaban J connectivity index is 1.83. The summed E-state index contributed by atoms with van der Waals surface area (Å²) in [5.41, 5.74) is 1.59. The summed E-state index contributed by atoms with van der Waals surface area (Å²) in [6, 6.07) is 5.60. The number of halogens is 1. The third kappa shape index (κ3) is 2.82.